The number of nitrogens with two attached hydrogens (primary N) is 1. The van der Waals surface area contributed by atoms with E-state index in [2.05, 4.69) is 16.4 Å². The Morgan fingerprint density at radius 2 is 2.25 bits per heavy atom. The highest BCUT2D eigenvalue weighted by Gasteiger charge is 2.19. The van der Waals surface area contributed by atoms with Crippen molar-refractivity contribution in [2.45, 2.75) is 18.8 Å². The average molecular weight is 267 g/mol. The summed E-state index contributed by atoms with van der Waals surface area (Å²) in [7, 11) is 0. The molecular weight excluding hydrogens is 250 g/mol. The molecule has 1 atom stereocenters. The maximum Gasteiger partial charge on any atom is 0.163 e. The number of nitrogens with zero attached hydrogens (tertiary/aromatic N) is 3. The van der Waals surface area contributed by atoms with Crippen LogP contribution >= 0.6 is 0 Å². The third kappa shape index (κ3) is 1.74. The molecule has 0 aliphatic carbocycles. The molecule has 20 heavy (non-hydrogen) atoms. The number of fused-ring (bicyclic) bond motifs is 3. The number of rotatable bonds is 1. The van der Waals surface area contributed by atoms with Crippen LogP contribution in [0.25, 0.3) is 16.6 Å². The Hall–Kier alpha value is -2.14. The Kier molecular flexibility index (Phi) is 2.60. The molecule has 1 fully saturated rings. The summed E-state index contributed by atoms with van der Waals surface area (Å²) in [6, 6.07) is 7.90. The number of hydrogen-bond donors (Lipinski definition) is 2. The summed E-state index contributed by atoms with van der Waals surface area (Å²) in [5.41, 5.74) is 9.65. The van der Waals surface area contributed by atoms with E-state index < -0.39 is 0 Å². The highest BCUT2D eigenvalue weighted by Crippen LogP contribution is 2.26. The molecule has 5 nitrogen and oxygen atoms in total. The van der Waals surface area contributed by atoms with E-state index in [-0.39, 0.29) is 0 Å². The zero-order valence-electron chi connectivity index (χ0n) is 11.2. The number of aromatic nitrogens is 3. The summed E-state index contributed by atoms with van der Waals surface area (Å²) < 4.78 is 1.99. The lowest BCUT2D eigenvalue weighted by molar-refractivity contribution is 0.448. The van der Waals surface area contributed by atoms with Crippen molar-refractivity contribution < 1.29 is 0 Å². The van der Waals surface area contributed by atoms with Crippen LogP contribution in [0.2, 0.25) is 0 Å². The number of hydrogen-bond acceptors (Lipinski definition) is 4. The number of anilines is 1. The van der Waals surface area contributed by atoms with Gasteiger partial charge in [0.05, 0.1) is 11.2 Å². The normalized spacial score (nSPS) is 19.7. The maximum absolute atomic E-state index is 5.85. The minimum absolute atomic E-state index is 0.501. The monoisotopic (exact) mass is 267 g/mol. The van der Waals surface area contributed by atoms with Crippen molar-refractivity contribution in [3.8, 4) is 0 Å². The van der Waals surface area contributed by atoms with E-state index in [1.165, 1.54) is 18.5 Å². The quantitative estimate of drug-likeness (QED) is 0.661. The highest BCUT2D eigenvalue weighted by atomic mass is 15.3. The molecule has 1 aromatic carbocycles. The van der Waals surface area contributed by atoms with Crippen LogP contribution in [0.3, 0.4) is 0 Å². The van der Waals surface area contributed by atoms with Crippen LogP contribution in [-0.2, 0) is 0 Å². The Morgan fingerprint density at radius 3 is 3.10 bits per heavy atom. The Bertz CT molecular complexity index is 770. The molecule has 1 unspecified atom stereocenters. The lowest BCUT2D eigenvalue weighted by Crippen LogP contribution is -2.29. The van der Waals surface area contributed by atoms with Gasteiger partial charge in [-0.15, -0.1) is 0 Å². The van der Waals surface area contributed by atoms with Crippen LogP contribution in [0, 0.1) is 0 Å². The van der Waals surface area contributed by atoms with Crippen LogP contribution in [0.15, 0.2) is 30.5 Å². The Morgan fingerprint density at radius 1 is 1.30 bits per heavy atom. The van der Waals surface area contributed by atoms with E-state index in [9.17, 15) is 0 Å². The van der Waals surface area contributed by atoms with Crippen molar-refractivity contribution in [1.82, 2.24) is 19.9 Å². The first-order chi connectivity index (χ1) is 9.83. The lowest BCUT2D eigenvalue weighted by Gasteiger charge is -2.23. The standard InChI is InChI=1S/C15H17N5/c16-11-3-4-12-13(8-11)19-20-14(5-7-18-15(12)20)10-2-1-6-17-9-10/h3-5,7-8,10,17H,1-2,6,9,16H2. The minimum Gasteiger partial charge on any atom is -0.399 e. The predicted molar refractivity (Wildman–Crippen MR) is 79.8 cm³/mol. The van der Waals surface area contributed by atoms with Gasteiger partial charge in [-0.05, 0) is 43.7 Å². The fraction of sp³-hybridized carbons (Fsp3) is 0.333. The summed E-state index contributed by atoms with van der Waals surface area (Å²) in [4.78, 5) is 4.49. The van der Waals surface area contributed by atoms with Crippen LogP contribution in [0.5, 0.6) is 0 Å². The van der Waals surface area contributed by atoms with E-state index in [0.29, 0.717) is 5.92 Å². The molecule has 0 bridgehead atoms. The first kappa shape index (κ1) is 11.7. The molecule has 0 saturated carbocycles. The van der Waals surface area contributed by atoms with Crippen molar-refractivity contribution >= 4 is 22.2 Å². The van der Waals surface area contributed by atoms with Crippen LogP contribution in [-0.4, -0.2) is 27.7 Å². The van der Waals surface area contributed by atoms with E-state index in [4.69, 9.17) is 10.8 Å². The summed E-state index contributed by atoms with van der Waals surface area (Å²) in [6.07, 6.45) is 4.30. The van der Waals surface area contributed by atoms with Crippen molar-refractivity contribution in [2.24, 2.45) is 0 Å². The van der Waals surface area contributed by atoms with Gasteiger partial charge in [0.2, 0.25) is 0 Å². The van der Waals surface area contributed by atoms with Crippen LogP contribution < -0.4 is 11.1 Å². The zero-order chi connectivity index (χ0) is 13.5. The molecule has 0 radical (unpaired) electrons. The molecule has 2 aromatic heterocycles. The maximum atomic E-state index is 5.85. The fourth-order valence-corrected chi connectivity index (χ4v) is 3.06. The number of nitrogen functional groups attached to an aromatic ring is 1. The second-order valence-corrected chi connectivity index (χ2v) is 5.42. The summed E-state index contributed by atoms with van der Waals surface area (Å²) in [5.74, 6) is 0.501. The highest BCUT2D eigenvalue weighted by molar-refractivity contribution is 5.93. The second-order valence-electron chi connectivity index (χ2n) is 5.42. The van der Waals surface area contributed by atoms with Crippen molar-refractivity contribution in [3.05, 3.63) is 36.2 Å². The van der Waals surface area contributed by atoms with Gasteiger partial charge in [-0.1, -0.05) is 0 Å². The van der Waals surface area contributed by atoms with Gasteiger partial charge >= 0.3 is 0 Å². The zero-order valence-corrected chi connectivity index (χ0v) is 11.2. The van der Waals surface area contributed by atoms with E-state index >= 15 is 0 Å². The average Bonchev–Trinajstić information content (AvgIpc) is 2.85. The second kappa shape index (κ2) is 4.45. The van der Waals surface area contributed by atoms with Gasteiger partial charge in [0, 0.05) is 29.7 Å². The third-order valence-corrected chi connectivity index (χ3v) is 4.07. The minimum atomic E-state index is 0.501. The van der Waals surface area contributed by atoms with Gasteiger partial charge in [-0.3, -0.25) is 0 Å². The van der Waals surface area contributed by atoms with Gasteiger partial charge in [0.1, 0.15) is 0 Å². The Balaban J connectivity index is 1.95. The molecule has 1 aliphatic rings. The fourth-order valence-electron chi connectivity index (χ4n) is 3.06. The molecule has 3 heterocycles. The smallest absolute Gasteiger partial charge is 0.163 e. The van der Waals surface area contributed by atoms with Gasteiger partial charge in [0.15, 0.2) is 5.65 Å². The molecule has 5 heteroatoms. The number of piperidine rings is 1. The molecule has 3 N–H and O–H groups in total. The molecule has 3 aromatic rings. The largest absolute Gasteiger partial charge is 0.399 e. The number of benzene rings is 1. The molecule has 4 rings (SSSR count). The van der Waals surface area contributed by atoms with Crippen LogP contribution in [0.4, 0.5) is 5.69 Å². The van der Waals surface area contributed by atoms with Gasteiger partial charge in [-0.25, -0.2) is 9.50 Å². The summed E-state index contributed by atoms with van der Waals surface area (Å²) in [5, 5.41) is 9.22. The van der Waals surface area contributed by atoms with Crippen molar-refractivity contribution in [2.75, 3.05) is 18.8 Å². The molecule has 0 amide bonds. The summed E-state index contributed by atoms with van der Waals surface area (Å²) in [6.45, 7) is 2.12. The van der Waals surface area contributed by atoms with Crippen molar-refractivity contribution in [1.29, 1.82) is 0 Å². The third-order valence-electron chi connectivity index (χ3n) is 4.07. The van der Waals surface area contributed by atoms with Gasteiger partial charge in [-0.2, -0.15) is 5.10 Å². The molecule has 1 aliphatic heterocycles. The van der Waals surface area contributed by atoms with E-state index in [1.54, 1.807) is 0 Å². The lowest BCUT2D eigenvalue weighted by atomic mass is 9.96. The first-order valence-electron chi connectivity index (χ1n) is 7.06. The first-order valence-corrected chi connectivity index (χ1v) is 7.06. The van der Waals surface area contributed by atoms with E-state index in [1.807, 2.05) is 28.9 Å². The summed E-state index contributed by atoms with van der Waals surface area (Å²) >= 11 is 0. The Labute approximate surface area is 116 Å². The van der Waals surface area contributed by atoms with E-state index in [0.717, 1.165) is 35.3 Å². The SMILES string of the molecule is Nc1ccc2c(c1)nn1c(C3CCCNC3)ccnc21. The molecule has 102 valence electrons. The van der Waals surface area contributed by atoms with Gasteiger partial charge < -0.3 is 11.1 Å². The number of nitrogens with one attached hydrogen (secondary N) is 1. The van der Waals surface area contributed by atoms with Gasteiger partial charge in [0.25, 0.3) is 0 Å². The predicted octanol–water partition coefficient (Wildman–Crippen LogP) is 1.93. The van der Waals surface area contributed by atoms with Crippen molar-refractivity contribution in [3.63, 3.8) is 0 Å². The molecule has 0 spiro atoms. The van der Waals surface area contributed by atoms with Crippen LogP contribution in [0.1, 0.15) is 24.5 Å². The molecule has 1 saturated heterocycles. The molecular formula is C15H17N5. The topological polar surface area (TPSA) is 68.2 Å².